The molecular formula is C34H33Cl2NO3S2. The van der Waals surface area contributed by atoms with Crippen LogP contribution < -0.4 is 0 Å². The summed E-state index contributed by atoms with van der Waals surface area (Å²) in [5, 5.41) is 21.0. The molecule has 0 saturated heterocycles. The lowest BCUT2D eigenvalue weighted by atomic mass is 9.75. The molecule has 0 aliphatic heterocycles. The topological polar surface area (TPSA) is 70.4 Å². The van der Waals surface area contributed by atoms with Gasteiger partial charge in [0.15, 0.2) is 0 Å². The molecule has 2 N–H and O–H groups in total. The summed E-state index contributed by atoms with van der Waals surface area (Å²) in [5.74, 6) is 0.137. The number of carboxylic acid groups (broad SMARTS) is 1. The number of aromatic nitrogens is 1. The van der Waals surface area contributed by atoms with Crippen molar-refractivity contribution in [3.8, 4) is 0 Å². The maximum absolute atomic E-state index is 11.5. The number of thiophene rings is 1. The summed E-state index contributed by atoms with van der Waals surface area (Å²) in [6.07, 6.45) is 10.8. The Balaban J connectivity index is 1.21. The van der Waals surface area contributed by atoms with Crippen LogP contribution in [0.15, 0.2) is 60.7 Å². The van der Waals surface area contributed by atoms with Crippen LogP contribution in [0.3, 0.4) is 0 Å². The van der Waals surface area contributed by atoms with Gasteiger partial charge in [0.1, 0.15) is 9.85 Å². The Labute approximate surface area is 264 Å². The fraction of sp³-hybridized carbons (Fsp3) is 0.353. The van der Waals surface area contributed by atoms with Gasteiger partial charge in [0.25, 0.3) is 0 Å². The molecular weight excluding hydrogens is 605 g/mol. The van der Waals surface area contributed by atoms with Crippen LogP contribution in [-0.2, 0) is 16.8 Å². The Hall–Kier alpha value is -2.35. The molecule has 218 valence electrons. The third kappa shape index (κ3) is 6.74. The Morgan fingerprint density at radius 1 is 1.05 bits per heavy atom. The number of aryl methyl sites for hydroxylation is 1. The molecule has 0 spiro atoms. The fourth-order valence-electron chi connectivity index (χ4n) is 5.68. The van der Waals surface area contributed by atoms with E-state index in [0.29, 0.717) is 9.36 Å². The van der Waals surface area contributed by atoms with Gasteiger partial charge in [0, 0.05) is 11.0 Å². The normalized spacial score (nSPS) is 17.8. The molecule has 0 bridgehead atoms. The molecule has 2 saturated carbocycles. The van der Waals surface area contributed by atoms with Crippen LogP contribution >= 0.6 is 46.3 Å². The number of carboxylic acids is 1. The van der Waals surface area contributed by atoms with Crippen molar-refractivity contribution in [3.63, 3.8) is 0 Å². The summed E-state index contributed by atoms with van der Waals surface area (Å²) in [6.45, 7) is 0. The average Bonchev–Trinajstić information content (AvgIpc) is 3.67. The van der Waals surface area contributed by atoms with E-state index in [2.05, 4.69) is 48.5 Å². The van der Waals surface area contributed by atoms with Gasteiger partial charge in [-0.25, -0.2) is 4.98 Å². The highest BCUT2D eigenvalue weighted by Crippen LogP contribution is 2.53. The van der Waals surface area contributed by atoms with Gasteiger partial charge in [-0.15, -0.1) is 11.3 Å². The van der Waals surface area contributed by atoms with E-state index in [1.807, 2.05) is 36.0 Å². The number of benzene rings is 2. The minimum Gasteiger partial charge on any atom is -0.481 e. The van der Waals surface area contributed by atoms with Crippen molar-refractivity contribution in [3.05, 3.63) is 98.0 Å². The molecule has 0 amide bonds. The lowest BCUT2D eigenvalue weighted by Gasteiger charge is -2.37. The summed E-state index contributed by atoms with van der Waals surface area (Å²) >= 11 is 15.8. The van der Waals surface area contributed by atoms with Gasteiger partial charge in [-0.3, -0.25) is 4.79 Å². The molecule has 2 aliphatic carbocycles. The molecule has 2 aromatic heterocycles. The van der Waals surface area contributed by atoms with Gasteiger partial charge in [0.05, 0.1) is 27.4 Å². The Morgan fingerprint density at radius 3 is 2.60 bits per heavy atom. The summed E-state index contributed by atoms with van der Waals surface area (Å²) < 4.78 is 1.52. The van der Waals surface area contributed by atoms with E-state index in [4.69, 9.17) is 28.2 Å². The van der Waals surface area contributed by atoms with Crippen LogP contribution in [-0.4, -0.2) is 26.9 Å². The number of rotatable bonds is 12. The van der Waals surface area contributed by atoms with E-state index < -0.39 is 11.6 Å². The molecule has 2 heterocycles. The molecule has 0 radical (unpaired) electrons. The lowest BCUT2D eigenvalue weighted by Crippen LogP contribution is -2.33. The van der Waals surface area contributed by atoms with Crippen molar-refractivity contribution in [1.29, 1.82) is 0 Å². The first-order chi connectivity index (χ1) is 20.2. The quantitative estimate of drug-likeness (QED) is 0.162. The summed E-state index contributed by atoms with van der Waals surface area (Å²) in [7, 11) is 0. The highest BCUT2D eigenvalue weighted by molar-refractivity contribution is 7.99. The van der Waals surface area contributed by atoms with Crippen molar-refractivity contribution in [2.24, 2.45) is 5.41 Å². The molecule has 4 aromatic rings. The zero-order valence-corrected chi connectivity index (χ0v) is 26.3. The molecule has 1 atom stereocenters. The molecule has 2 fully saturated rings. The SMILES string of the molecule is O=C(O)CC1(CS[C@H](CCc2cccc(C3(O)CCC3)c2)c2cccc(/C=C/c3ccc4sc(Cl)c(Cl)c4n3)c2)CC1. The highest BCUT2D eigenvalue weighted by Gasteiger charge is 2.44. The first-order valence-corrected chi connectivity index (χ1v) is 17.0. The third-order valence-electron chi connectivity index (χ3n) is 8.60. The highest BCUT2D eigenvalue weighted by atomic mass is 35.5. The van der Waals surface area contributed by atoms with Crippen LogP contribution in [0.4, 0.5) is 0 Å². The molecule has 0 unspecified atom stereocenters. The second-order valence-electron chi connectivity index (χ2n) is 11.8. The standard InChI is InChI=1S/C34H33Cl2NO3S2/c35-30-31-28(42-32(30)36)13-11-26(37-31)10-8-22-4-1-6-24(18-22)27(41-21-33(16-17-33)20-29(38)39)12-9-23-5-2-7-25(19-23)34(40)14-3-15-34/h1-2,4-8,10-11,13,18-19,27,40H,3,9,12,14-17,20-21H2,(H,38,39)/b10-8+/t27-/m1/s1. The van der Waals surface area contributed by atoms with Crippen molar-refractivity contribution in [2.75, 3.05) is 5.75 Å². The summed E-state index contributed by atoms with van der Waals surface area (Å²) in [5.41, 5.74) is 5.37. The largest absolute Gasteiger partial charge is 0.481 e. The number of hydrogen-bond donors (Lipinski definition) is 2. The second-order valence-corrected chi connectivity index (χ2v) is 15.0. The van der Waals surface area contributed by atoms with E-state index in [1.54, 1.807) is 0 Å². The number of aliphatic hydroxyl groups is 1. The monoisotopic (exact) mass is 637 g/mol. The van der Waals surface area contributed by atoms with Gasteiger partial charge in [0.2, 0.25) is 0 Å². The number of fused-ring (bicyclic) bond motifs is 1. The van der Waals surface area contributed by atoms with Crippen LogP contribution in [0.2, 0.25) is 9.36 Å². The van der Waals surface area contributed by atoms with E-state index in [-0.39, 0.29) is 17.1 Å². The predicted molar refractivity (Wildman–Crippen MR) is 177 cm³/mol. The number of hydrogen-bond acceptors (Lipinski definition) is 5. The van der Waals surface area contributed by atoms with Crippen LogP contribution in [0, 0.1) is 5.41 Å². The first-order valence-electron chi connectivity index (χ1n) is 14.4. The second kappa shape index (κ2) is 12.3. The minimum absolute atomic E-state index is 0.0736. The van der Waals surface area contributed by atoms with Gasteiger partial charge in [-0.2, -0.15) is 11.8 Å². The van der Waals surface area contributed by atoms with Crippen LogP contribution in [0.5, 0.6) is 0 Å². The van der Waals surface area contributed by atoms with Crippen LogP contribution in [0.1, 0.15) is 78.1 Å². The van der Waals surface area contributed by atoms with Crippen molar-refractivity contribution >= 4 is 74.6 Å². The molecule has 6 rings (SSSR count). The van der Waals surface area contributed by atoms with Crippen molar-refractivity contribution < 1.29 is 15.0 Å². The van der Waals surface area contributed by atoms with Crippen LogP contribution in [0.25, 0.3) is 22.4 Å². The average molecular weight is 639 g/mol. The maximum Gasteiger partial charge on any atom is 0.303 e. The Kier molecular flexibility index (Phi) is 8.72. The smallest absolute Gasteiger partial charge is 0.303 e. The summed E-state index contributed by atoms with van der Waals surface area (Å²) in [4.78, 5) is 16.2. The maximum atomic E-state index is 11.5. The molecule has 2 aliphatic rings. The van der Waals surface area contributed by atoms with Gasteiger partial charge in [-0.1, -0.05) is 77.8 Å². The summed E-state index contributed by atoms with van der Waals surface area (Å²) in [6, 6.07) is 21.0. The lowest BCUT2D eigenvalue weighted by molar-refractivity contribution is -0.138. The molecule has 42 heavy (non-hydrogen) atoms. The fourth-order valence-corrected chi connectivity index (χ4v) is 8.66. The zero-order chi connectivity index (χ0) is 29.3. The van der Waals surface area contributed by atoms with E-state index >= 15 is 0 Å². The van der Waals surface area contributed by atoms with Crippen molar-refractivity contribution in [2.45, 2.75) is 62.2 Å². The predicted octanol–water partition coefficient (Wildman–Crippen LogP) is 9.81. The number of thioether (sulfide) groups is 1. The van der Waals surface area contributed by atoms with E-state index in [9.17, 15) is 15.0 Å². The molecule has 8 heteroatoms. The van der Waals surface area contributed by atoms with Gasteiger partial charge >= 0.3 is 5.97 Å². The zero-order valence-electron chi connectivity index (χ0n) is 23.2. The first kappa shape index (κ1) is 29.7. The number of nitrogens with zero attached hydrogens (tertiary/aromatic N) is 1. The number of pyridine rings is 1. The molecule has 2 aromatic carbocycles. The number of carbonyl (C=O) groups is 1. The minimum atomic E-state index is -0.708. The van der Waals surface area contributed by atoms with E-state index in [0.717, 1.165) is 77.7 Å². The number of halogens is 2. The third-order valence-corrected chi connectivity index (χ3v) is 12.2. The van der Waals surface area contributed by atoms with Gasteiger partial charge in [-0.05, 0) is 90.8 Å². The number of aliphatic carboxylic acids is 1. The Morgan fingerprint density at radius 2 is 1.86 bits per heavy atom. The van der Waals surface area contributed by atoms with Crippen molar-refractivity contribution in [1.82, 2.24) is 4.98 Å². The van der Waals surface area contributed by atoms with E-state index in [1.165, 1.54) is 22.5 Å². The van der Waals surface area contributed by atoms with Gasteiger partial charge < -0.3 is 10.2 Å². The molecule has 4 nitrogen and oxygen atoms in total. The Bertz CT molecular complexity index is 1640.